The minimum Gasteiger partial charge on any atom is -0.166 e. The van der Waals surface area contributed by atoms with Crippen LogP contribution in [0.1, 0.15) is 5.56 Å². The number of rotatable bonds is 1. The largest absolute Gasteiger partial charge is 0.442 e. The molecule has 2 rings (SSSR count). The number of hydrogen-bond donors (Lipinski definition) is 0. The standard InChI is InChI=1S/C8H4BrF3N2/c9-6-3-1-2-5(4-6)7(13-14-7)8(10,11)12/h1-4H. The second kappa shape index (κ2) is 2.79. The number of hydrogen-bond acceptors (Lipinski definition) is 2. The average Bonchev–Trinajstić information content (AvgIpc) is 2.82. The lowest BCUT2D eigenvalue weighted by Crippen LogP contribution is -2.29. The zero-order valence-corrected chi connectivity index (χ0v) is 8.30. The van der Waals surface area contributed by atoms with Gasteiger partial charge in [0.15, 0.2) is 0 Å². The van der Waals surface area contributed by atoms with E-state index in [1.54, 1.807) is 6.07 Å². The molecule has 0 unspecified atom stereocenters. The summed E-state index contributed by atoms with van der Waals surface area (Å²) in [5, 5.41) is 6.19. The maximum absolute atomic E-state index is 12.5. The van der Waals surface area contributed by atoms with Crippen LogP contribution in [0, 0.1) is 0 Å². The molecule has 1 aromatic carbocycles. The van der Waals surface area contributed by atoms with Gasteiger partial charge in [0.1, 0.15) is 0 Å². The minimum absolute atomic E-state index is 0.0411. The van der Waals surface area contributed by atoms with Crippen molar-refractivity contribution in [2.24, 2.45) is 10.2 Å². The SMILES string of the molecule is FC(F)(F)C1(c2cccc(Br)c2)N=N1. The van der Waals surface area contributed by atoms with E-state index in [0.29, 0.717) is 4.47 Å². The Hall–Kier alpha value is -0.910. The number of nitrogens with zero attached hydrogens (tertiary/aromatic N) is 2. The topological polar surface area (TPSA) is 24.7 Å². The third-order valence-corrected chi connectivity index (χ3v) is 2.42. The van der Waals surface area contributed by atoms with Crippen LogP contribution in [0.15, 0.2) is 39.0 Å². The van der Waals surface area contributed by atoms with Gasteiger partial charge in [-0.05, 0) is 12.1 Å². The van der Waals surface area contributed by atoms with E-state index in [0.717, 1.165) is 0 Å². The maximum atomic E-state index is 12.5. The van der Waals surface area contributed by atoms with Crippen molar-refractivity contribution in [2.75, 3.05) is 0 Å². The van der Waals surface area contributed by atoms with Crippen molar-refractivity contribution < 1.29 is 13.2 Å². The molecule has 1 aliphatic rings. The van der Waals surface area contributed by atoms with E-state index in [9.17, 15) is 13.2 Å². The highest BCUT2D eigenvalue weighted by atomic mass is 79.9. The van der Waals surface area contributed by atoms with E-state index in [1.807, 2.05) is 0 Å². The Kier molecular flexibility index (Phi) is 1.92. The molecular formula is C8H4BrF3N2. The summed E-state index contributed by atoms with van der Waals surface area (Å²) in [6.07, 6.45) is -4.45. The quantitative estimate of drug-likeness (QED) is 0.740. The van der Waals surface area contributed by atoms with Gasteiger partial charge in [-0.2, -0.15) is 13.2 Å². The van der Waals surface area contributed by atoms with Crippen molar-refractivity contribution >= 4 is 15.9 Å². The van der Waals surface area contributed by atoms with Crippen LogP contribution in [0.3, 0.4) is 0 Å². The van der Waals surface area contributed by atoms with E-state index in [1.165, 1.54) is 18.2 Å². The van der Waals surface area contributed by atoms with Gasteiger partial charge in [-0.25, -0.2) is 0 Å². The first kappa shape index (κ1) is 9.64. The monoisotopic (exact) mass is 264 g/mol. The first-order valence-electron chi connectivity index (χ1n) is 3.72. The van der Waals surface area contributed by atoms with Gasteiger partial charge in [-0.1, -0.05) is 28.1 Å². The summed E-state index contributed by atoms with van der Waals surface area (Å²) < 4.78 is 38.1. The smallest absolute Gasteiger partial charge is 0.166 e. The second-order valence-electron chi connectivity index (χ2n) is 2.88. The molecule has 0 aromatic heterocycles. The van der Waals surface area contributed by atoms with E-state index < -0.39 is 11.8 Å². The van der Waals surface area contributed by atoms with Crippen molar-refractivity contribution in [3.63, 3.8) is 0 Å². The molecule has 0 bridgehead atoms. The van der Waals surface area contributed by atoms with Gasteiger partial charge >= 0.3 is 11.8 Å². The Morgan fingerprint density at radius 3 is 2.29 bits per heavy atom. The van der Waals surface area contributed by atoms with E-state index in [2.05, 4.69) is 26.2 Å². The van der Waals surface area contributed by atoms with Crippen LogP contribution < -0.4 is 0 Å². The molecule has 1 heterocycles. The Labute approximate surface area is 86.0 Å². The van der Waals surface area contributed by atoms with Gasteiger partial charge in [-0.15, -0.1) is 10.2 Å². The van der Waals surface area contributed by atoms with Crippen LogP contribution in [-0.4, -0.2) is 6.18 Å². The summed E-state index contributed by atoms with van der Waals surface area (Å²) in [4.78, 5) is 0. The van der Waals surface area contributed by atoms with Crippen molar-refractivity contribution in [1.29, 1.82) is 0 Å². The molecule has 1 aliphatic heterocycles. The van der Waals surface area contributed by atoms with Crippen LogP contribution in [0.5, 0.6) is 0 Å². The first-order valence-corrected chi connectivity index (χ1v) is 4.52. The molecule has 0 aliphatic carbocycles. The van der Waals surface area contributed by atoms with Gasteiger partial charge in [-0.3, -0.25) is 0 Å². The molecule has 0 radical (unpaired) electrons. The summed E-state index contributed by atoms with van der Waals surface area (Å²) in [6, 6.07) is 5.90. The van der Waals surface area contributed by atoms with Gasteiger partial charge < -0.3 is 0 Å². The minimum atomic E-state index is -4.45. The lowest BCUT2D eigenvalue weighted by molar-refractivity contribution is -0.166. The van der Waals surface area contributed by atoms with Crippen molar-refractivity contribution in [3.05, 3.63) is 34.3 Å². The Bertz CT molecular complexity index is 394. The number of benzene rings is 1. The lowest BCUT2D eigenvalue weighted by atomic mass is 10.0. The Morgan fingerprint density at radius 1 is 1.21 bits per heavy atom. The highest BCUT2D eigenvalue weighted by Gasteiger charge is 2.65. The molecule has 2 nitrogen and oxygen atoms in total. The third-order valence-electron chi connectivity index (χ3n) is 1.92. The molecule has 0 fully saturated rings. The molecule has 6 heteroatoms. The molecule has 0 saturated heterocycles. The van der Waals surface area contributed by atoms with Gasteiger partial charge in [0.2, 0.25) is 0 Å². The number of alkyl halides is 3. The zero-order valence-electron chi connectivity index (χ0n) is 6.72. The van der Waals surface area contributed by atoms with Crippen LogP contribution >= 0.6 is 15.9 Å². The Morgan fingerprint density at radius 2 is 1.86 bits per heavy atom. The van der Waals surface area contributed by atoms with Crippen LogP contribution in [0.25, 0.3) is 0 Å². The van der Waals surface area contributed by atoms with Crippen molar-refractivity contribution in [3.8, 4) is 0 Å². The fraction of sp³-hybridized carbons (Fsp3) is 0.250. The summed E-state index contributed by atoms with van der Waals surface area (Å²) in [5.41, 5.74) is -2.27. The summed E-state index contributed by atoms with van der Waals surface area (Å²) in [7, 11) is 0. The lowest BCUT2D eigenvalue weighted by Gasteiger charge is -2.14. The van der Waals surface area contributed by atoms with Gasteiger partial charge in [0.05, 0.1) is 0 Å². The summed E-state index contributed by atoms with van der Waals surface area (Å²) >= 11 is 3.10. The molecular weight excluding hydrogens is 261 g/mol. The highest BCUT2D eigenvalue weighted by Crippen LogP contribution is 2.52. The van der Waals surface area contributed by atoms with Gasteiger partial charge in [0, 0.05) is 10.0 Å². The molecule has 0 spiro atoms. The normalized spacial score (nSPS) is 18.3. The molecule has 74 valence electrons. The summed E-state index contributed by atoms with van der Waals surface area (Å²) in [5.74, 6) is 0. The van der Waals surface area contributed by atoms with E-state index in [4.69, 9.17) is 0 Å². The predicted molar refractivity (Wildman–Crippen MR) is 46.7 cm³/mol. The Balaban J connectivity index is 2.41. The fourth-order valence-corrected chi connectivity index (χ4v) is 1.55. The molecule has 1 aromatic rings. The number of halogens is 4. The molecule has 0 N–H and O–H groups in total. The summed E-state index contributed by atoms with van der Waals surface area (Å²) in [6.45, 7) is 0. The molecule has 0 saturated carbocycles. The highest BCUT2D eigenvalue weighted by molar-refractivity contribution is 9.10. The van der Waals surface area contributed by atoms with Crippen LogP contribution in [-0.2, 0) is 5.66 Å². The third kappa shape index (κ3) is 1.33. The molecule has 0 amide bonds. The average molecular weight is 265 g/mol. The first-order chi connectivity index (χ1) is 6.46. The van der Waals surface area contributed by atoms with E-state index >= 15 is 0 Å². The van der Waals surface area contributed by atoms with E-state index in [-0.39, 0.29) is 5.56 Å². The zero-order chi connectivity index (χ0) is 10.4. The van der Waals surface area contributed by atoms with Gasteiger partial charge in [0.25, 0.3) is 0 Å². The van der Waals surface area contributed by atoms with Crippen LogP contribution in [0.2, 0.25) is 0 Å². The maximum Gasteiger partial charge on any atom is 0.442 e. The van der Waals surface area contributed by atoms with Crippen molar-refractivity contribution in [2.45, 2.75) is 11.8 Å². The second-order valence-corrected chi connectivity index (χ2v) is 3.80. The molecule has 0 atom stereocenters. The van der Waals surface area contributed by atoms with Crippen LogP contribution in [0.4, 0.5) is 13.2 Å². The molecule has 14 heavy (non-hydrogen) atoms. The van der Waals surface area contributed by atoms with Crippen molar-refractivity contribution in [1.82, 2.24) is 0 Å². The predicted octanol–water partition coefficient (Wildman–Crippen LogP) is 3.63. The fourth-order valence-electron chi connectivity index (χ4n) is 1.15.